The Labute approximate surface area is 96.4 Å². The van der Waals surface area contributed by atoms with Gasteiger partial charge in [-0.2, -0.15) is 0 Å². The van der Waals surface area contributed by atoms with Crippen LogP contribution in [0.15, 0.2) is 16.5 Å². The van der Waals surface area contributed by atoms with Gasteiger partial charge in [0, 0.05) is 0 Å². The zero-order valence-electron chi connectivity index (χ0n) is 6.93. The summed E-state index contributed by atoms with van der Waals surface area (Å²) < 4.78 is 4.96. The maximum atomic E-state index is 10.2. The van der Waals surface area contributed by atoms with E-state index in [1.165, 1.54) is 12.1 Å². The molecule has 0 aromatic carbocycles. The van der Waals surface area contributed by atoms with Crippen molar-refractivity contribution in [3.8, 4) is 0 Å². The van der Waals surface area contributed by atoms with Gasteiger partial charge in [0.1, 0.15) is 0 Å². The van der Waals surface area contributed by atoms with Crippen LogP contribution < -0.4 is 5.73 Å². The Hall–Kier alpha value is -0.851. The molecule has 78 valence electrons. The van der Waals surface area contributed by atoms with Gasteiger partial charge in [-0.1, -0.05) is 0 Å². The Morgan fingerprint density at radius 3 is 2.79 bits per heavy atom. The molecule has 0 bridgehead atoms. The first-order valence-electron chi connectivity index (χ1n) is 3.29. The number of rotatable bonds is 4. The standard InChI is InChI=1S/C6H7N3O3Se.BrH/c7-6(8)13-3-4-1-2-5(12-4)9(10)11;/h1-2H,3H2,(H3,7,8);1H. The summed E-state index contributed by atoms with van der Waals surface area (Å²) in [6.07, 6.45) is 0. The first-order valence-corrected chi connectivity index (χ1v) is 5.36. The van der Waals surface area contributed by atoms with Crippen molar-refractivity contribution < 1.29 is 9.34 Å². The van der Waals surface area contributed by atoms with E-state index in [1.54, 1.807) is 0 Å². The Kier molecular flexibility index (Phi) is 5.44. The minimum absolute atomic E-state index is 0. The molecule has 14 heavy (non-hydrogen) atoms. The van der Waals surface area contributed by atoms with Gasteiger partial charge in [0.15, 0.2) is 0 Å². The average Bonchev–Trinajstić information content (AvgIpc) is 2.48. The number of nitrogens with zero attached hydrogens (tertiary/aromatic N) is 1. The van der Waals surface area contributed by atoms with E-state index >= 15 is 0 Å². The van der Waals surface area contributed by atoms with Gasteiger partial charge < -0.3 is 0 Å². The molecule has 0 fully saturated rings. The second-order valence-electron chi connectivity index (χ2n) is 2.15. The molecule has 0 spiro atoms. The average molecular weight is 329 g/mol. The van der Waals surface area contributed by atoms with Crippen LogP contribution in [-0.2, 0) is 5.32 Å². The predicted molar refractivity (Wildman–Crippen MR) is 57.1 cm³/mol. The Balaban J connectivity index is 0.00000169. The van der Waals surface area contributed by atoms with Gasteiger partial charge in [-0.25, -0.2) is 0 Å². The summed E-state index contributed by atoms with van der Waals surface area (Å²) in [4.78, 5) is 9.61. The fraction of sp³-hybridized carbons (Fsp3) is 0.167. The summed E-state index contributed by atoms with van der Waals surface area (Å²) in [6, 6.07) is 2.83. The van der Waals surface area contributed by atoms with E-state index in [2.05, 4.69) is 0 Å². The zero-order valence-corrected chi connectivity index (χ0v) is 10.4. The summed E-state index contributed by atoms with van der Waals surface area (Å²) >= 11 is -0.175. The van der Waals surface area contributed by atoms with E-state index in [0.29, 0.717) is 11.1 Å². The summed E-state index contributed by atoms with van der Waals surface area (Å²) in [5.74, 6) is 0.233. The van der Waals surface area contributed by atoms with Crippen LogP contribution in [-0.4, -0.2) is 24.6 Å². The summed E-state index contributed by atoms with van der Waals surface area (Å²) in [5, 5.41) is 17.6. The molecule has 0 radical (unpaired) electrons. The molecule has 1 aromatic rings. The topological polar surface area (TPSA) is 106 Å². The van der Waals surface area contributed by atoms with E-state index in [9.17, 15) is 10.1 Å². The number of nitrogens with one attached hydrogen (secondary N) is 1. The monoisotopic (exact) mass is 329 g/mol. The van der Waals surface area contributed by atoms with Gasteiger partial charge >= 0.3 is 79.4 Å². The van der Waals surface area contributed by atoms with Crippen LogP contribution in [0.5, 0.6) is 0 Å². The normalized spacial score (nSPS) is 9.14. The molecule has 0 saturated carbocycles. The summed E-state index contributed by atoms with van der Waals surface area (Å²) in [6.45, 7) is 0. The molecular formula is C6H8BrN3O3Se. The van der Waals surface area contributed by atoms with Crippen LogP contribution in [0.25, 0.3) is 0 Å². The minimum atomic E-state index is -0.593. The molecule has 0 saturated heterocycles. The van der Waals surface area contributed by atoms with Crippen molar-refractivity contribution in [1.29, 1.82) is 5.41 Å². The van der Waals surface area contributed by atoms with Gasteiger partial charge in [-0.05, 0) is 0 Å². The van der Waals surface area contributed by atoms with Gasteiger partial charge in [0.2, 0.25) is 0 Å². The van der Waals surface area contributed by atoms with Gasteiger partial charge in [0.05, 0.1) is 0 Å². The fourth-order valence-electron chi connectivity index (χ4n) is 0.691. The molecule has 0 aliphatic heterocycles. The molecule has 0 aliphatic carbocycles. The van der Waals surface area contributed by atoms with Crippen molar-refractivity contribution in [2.45, 2.75) is 5.32 Å². The molecule has 0 amide bonds. The van der Waals surface area contributed by atoms with Gasteiger partial charge in [0.25, 0.3) is 0 Å². The molecule has 8 heteroatoms. The second-order valence-corrected chi connectivity index (χ2v) is 4.28. The third-order valence-corrected chi connectivity index (χ3v) is 2.75. The van der Waals surface area contributed by atoms with E-state index in [1.807, 2.05) is 0 Å². The van der Waals surface area contributed by atoms with Gasteiger partial charge in [-0.3, -0.25) is 0 Å². The first kappa shape index (κ1) is 13.1. The van der Waals surface area contributed by atoms with E-state index < -0.39 is 4.92 Å². The van der Waals surface area contributed by atoms with Crippen molar-refractivity contribution in [1.82, 2.24) is 0 Å². The van der Waals surface area contributed by atoms with Crippen LogP contribution in [0.4, 0.5) is 5.88 Å². The van der Waals surface area contributed by atoms with Crippen LogP contribution in [0.3, 0.4) is 0 Å². The fourth-order valence-corrected chi connectivity index (χ4v) is 1.64. The number of amidine groups is 1. The number of hydrogen-bond acceptors (Lipinski definition) is 4. The maximum absolute atomic E-state index is 10.2. The van der Waals surface area contributed by atoms with E-state index in [-0.39, 0.29) is 42.6 Å². The third-order valence-electron chi connectivity index (χ3n) is 1.20. The van der Waals surface area contributed by atoms with Crippen LogP contribution in [0.1, 0.15) is 5.76 Å². The molecule has 0 atom stereocenters. The van der Waals surface area contributed by atoms with Gasteiger partial charge in [-0.15, -0.1) is 17.0 Å². The second kappa shape index (κ2) is 5.79. The zero-order chi connectivity index (χ0) is 9.84. The SMILES string of the molecule is Br.N=C(N)[Se]Cc1ccc([N+](=O)[O-])o1. The van der Waals surface area contributed by atoms with E-state index in [0.717, 1.165) is 0 Å². The summed E-state index contributed by atoms with van der Waals surface area (Å²) in [5.41, 5.74) is 5.14. The number of furan rings is 1. The molecule has 0 unspecified atom stereocenters. The number of nitrogens with two attached hydrogens (primary N) is 1. The van der Waals surface area contributed by atoms with Crippen molar-refractivity contribution in [3.63, 3.8) is 0 Å². The molecule has 1 aromatic heterocycles. The molecule has 1 rings (SSSR count). The quantitative estimate of drug-likeness (QED) is 0.281. The Bertz CT molecular complexity index is 341. The molecule has 0 aliphatic rings. The number of halogens is 1. The van der Waals surface area contributed by atoms with E-state index in [4.69, 9.17) is 15.6 Å². The number of hydrogen-bond donors (Lipinski definition) is 2. The third kappa shape index (κ3) is 3.91. The number of nitro groups is 1. The molecule has 6 nitrogen and oxygen atoms in total. The van der Waals surface area contributed by atoms with Crippen LogP contribution in [0, 0.1) is 15.5 Å². The van der Waals surface area contributed by atoms with Crippen molar-refractivity contribution in [3.05, 3.63) is 28.0 Å². The Morgan fingerprint density at radius 2 is 2.36 bits per heavy atom. The van der Waals surface area contributed by atoms with Crippen LogP contribution in [0.2, 0.25) is 0 Å². The van der Waals surface area contributed by atoms with Crippen molar-refractivity contribution in [2.24, 2.45) is 5.73 Å². The predicted octanol–water partition coefficient (Wildman–Crippen LogP) is 0.863. The molecule has 1 heterocycles. The van der Waals surface area contributed by atoms with Crippen LogP contribution >= 0.6 is 17.0 Å². The molecule has 3 N–H and O–H groups in total. The first-order chi connectivity index (χ1) is 6.09. The summed E-state index contributed by atoms with van der Waals surface area (Å²) in [7, 11) is 0. The van der Waals surface area contributed by atoms with Crippen molar-refractivity contribution >= 4 is 42.6 Å². The van der Waals surface area contributed by atoms with Crippen molar-refractivity contribution in [2.75, 3.05) is 0 Å². The molecular weight excluding hydrogens is 321 g/mol. The Morgan fingerprint density at radius 1 is 1.71 bits per heavy atom.